The first-order valence-electron chi connectivity index (χ1n) is 6.66. The van der Waals surface area contributed by atoms with E-state index < -0.39 is 4.92 Å². The topological polar surface area (TPSA) is 77.3 Å². The van der Waals surface area contributed by atoms with E-state index >= 15 is 0 Å². The molecule has 0 bridgehead atoms. The van der Waals surface area contributed by atoms with Crippen molar-refractivity contribution in [1.82, 2.24) is 4.98 Å². The van der Waals surface area contributed by atoms with Crippen molar-refractivity contribution in [2.45, 2.75) is 20.4 Å². The van der Waals surface area contributed by atoms with E-state index in [-0.39, 0.29) is 11.4 Å². The zero-order valence-corrected chi connectivity index (χ0v) is 12.0. The highest BCUT2D eigenvalue weighted by Gasteiger charge is 2.15. The van der Waals surface area contributed by atoms with Gasteiger partial charge in [-0.15, -0.1) is 0 Å². The Kier molecular flexibility index (Phi) is 4.71. The van der Waals surface area contributed by atoms with Crippen LogP contribution in [-0.2, 0) is 6.54 Å². The lowest BCUT2D eigenvalue weighted by Gasteiger charge is -2.10. The maximum Gasteiger partial charge on any atom is 0.311 e. The number of nitro benzene ring substituents is 1. The number of nitrogens with one attached hydrogen (secondary N) is 1. The number of pyridine rings is 1. The van der Waals surface area contributed by atoms with E-state index in [2.05, 4.69) is 10.3 Å². The highest BCUT2D eigenvalue weighted by atomic mass is 16.6. The number of hydrogen-bond donors (Lipinski definition) is 1. The van der Waals surface area contributed by atoms with E-state index in [0.717, 1.165) is 16.8 Å². The van der Waals surface area contributed by atoms with Crippen LogP contribution >= 0.6 is 0 Å². The van der Waals surface area contributed by atoms with Crippen LogP contribution in [0.1, 0.15) is 18.1 Å². The highest BCUT2D eigenvalue weighted by Crippen LogP contribution is 2.30. The standard InChI is InChI=1S/C15H17N3O3/c1-3-21-15-8-13(4-5-14(15)18(19)20)17-10-12-9-16-7-6-11(12)2/h4-9,17H,3,10H2,1-2H3. The molecule has 0 aliphatic heterocycles. The van der Waals surface area contributed by atoms with Crippen LogP contribution in [0.25, 0.3) is 0 Å². The van der Waals surface area contributed by atoms with Crippen molar-refractivity contribution in [2.24, 2.45) is 0 Å². The molecule has 6 nitrogen and oxygen atoms in total. The average molecular weight is 287 g/mol. The largest absolute Gasteiger partial charge is 0.487 e. The van der Waals surface area contributed by atoms with Gasteiger partial charge in [0.15, 0.2) is 5.75 Å². The number of aromatic nitrogens is 1. The maximum atomic E-state index is 10.9. The predicted octanol–water partition coefficient (Wildman–Crippen LogP) is 3.31. The summed E-state index contributed by atoms with van der Waals surface area (Å²) in [6.45, 7) is 4.79. The van der Waals surface area contributed by atoms with Crippen molar-refractivity contribution >= 4 is 11.4 Å². The first kappa shape index (κ1) is 14.8. The molecule has 21 heavy (non-hydrogen) atoms. The van der Waals surface area contributed by atoms with Crippen molar-refractivity contribution in [2.75, 3.05) is 11.9 Å². The van der Waals surface area contributed by atoms with Crippen LogP contribution in [0.3, 0.4) is 0 Å². The van der Waals surface area contributed by atoms with Gasteiger partial charge in [-0.3, -0.25) is 15.1 Å². The zero-order valence-electron chi connectivity index (χ0n) is 12.0. The number of hydrogen-bond acceptors (Lipinski definition) is 5. The molecule has 0 unspecified atom stereocenters. The summed E-state index contributed by atoms with van der Waals surface area (Å²) in [4.78, 5) is 14.6. The van der Waals surface area contributed by atoms with Crippen LogP contribution in [0.4, 0.5) is 11.4 Å². The molecule has 2 rings (SSSR count). The first-order chi connectivity index (χ1) is 10.1. The molecule has 0 atom stereocenters. The van der Waals surface area contributed by atoms with Crippen molar-refractivity contribution in [3.05, 3.63) is 57.9 Å². The van der Waals surface area contributed by atoms with E-state index in [1.807, 2.05) is 13.0 Å². The Morgan fingerprint density at radius 3 is 2.86 bits per heavy atom. The predicted molar refractivity (Wildman–Crippen MR) is 80.6 cm³/mol. The molecular weight excluding hydrogens is 270 g/mol. The summed E-state index contributed by atoms with van der Waals surface area (Å²) >= 11 is 0. The van der Waals surface area contributed by atoms with Crippen LogP contribution in [0.15, 0.2) is 36.7 Å². The number of rotatable bonds is 6. The van der Waals surface area contributed by atoms with Gasteiger partial charge in [0.1, 0.15) is 0 Å². The van der Waals surface area contributed by atoms with Gasteiger partial charge in [0.05, 0.1) is 11.5 Å². The molecule has 0 saturated heterocycles. The van der Waals surface area contributed by atoms with Gasteiger partial charge < -0.3 is 10.1 Å². The van der Waals surface area contributed by atoms with Gasteiger partial charge in [-0.1, -0.05) is 0 Å². The molecule has 1 aromatic heterocycles. The second kappa shape index (κ2) is 6.69. The number of anilines is 1. The van der Waals surface area contributed by atoms with Crippen LogP contribution < -0.4 is 10.1 Å². The summed E-state index contributed by atoms with van der Waals surface area (Å²) in [5.74, 6) is 0.274. The molecule has 2 aromatic rings. The minimum Gasteiger partial charge on any atom is -0.487 e. The van der Waals surface area contributed by atoms with Gasteiger partial charge in [0.2, 0.25) is 0 Å². The van der Waals surface area contributed by atoms with Crippen molar-refractivity contribution in [1.29, 1.82) is 0 Å². The number of aryl methyl sites for hydroxylation is 1. The lowest BCUT2D eigenvalue weighted by molar-refractivity contribution is -0.385. The summed E-state index contributed by atoms with van der Waals surface area (Å²) in [5.41, 5.74) is 2.96. The fraction of sp³-hybridized carbons (Fsp3) is 0.267. The van der Waals surface area contributed by atoms with E-state index in [4.69, 9.17) is 4.74 Å². The average Bonchev–Trinajstić information content (AvgIpc) is 2.46. The maximum absolute atomic E-state index is 10.9. The molecule has 0 fully saturated rings. The number of nitro groups is 1. The molecule has 0 amide bonds. The second-order valence-corrected chi connectivity index (χ2v) is 4.53. The fourth-order valence-corrected chi connectivity index (χ4v) is 1.93. The Morgan fingerprint density at radius 1 is 1.38 bits per heavy atom. The quantitative estimate of drug-likeness (QED) is 0.651. The molecule has 0 spiro atoms. The summed E-state index contributed by atoms with van der Waals surface area (Å²) in [7, 11) is 0. The van der Waals surface area contributed by atoms with Gasteiger partial charge in [-0.2, -0.15) is 0 Å². The Balaban J connectivity index is 2.15. The van der Waals surface area contributed by atoms with Gasteiger partial charge in [-0.25, -0.2) is 0 Å². The lowest BCUT2D eigenvalue weighted by atomic mass is 10.1. The van der Waals surface area contributed by atoms with Gasteiger partial charge in [0, 0.05) is 36.8 Å². The van der Waals surface area contributed by atoms with Crippen molar-refractivity contribution in [3.63, 3.8) is 0 Å². The molecule has 1 N–H and O–H groups in total. The third kappa shape index (κ3) is 3.68. The minimum atomic E-state index is -0.444. The van der Waals surface area contributed by atoms with Crippen LogP contribution in [-0.4, -0.2) is 16.5 Å². The van der Waals surface area contributed by atoms with Gasteiger partial charge in [0.25, 0.3) is 0 Å². The number of ether oxygens (including phenoxy) is 1. The van der Waals surface area contributed by atoms with E-state index in [0.29, 0.717) is 13.2 Å². The molecular formula is C15H17N3O3. The van der Waals surface area contributed by atoms with Crippen LogP contribution in [0.2, 0.25) is 0 Å². The SMILES string of the molecule is CCOc1cc(NCc2cnccc2C)ccc1[N+](=O)[O-]. The molecule has 0 aliphatic rings. The van der Waals surface area contributed by atoms with E-state index in [1.54, 1.807) is 31.5 Å². The first-order valence-corrected chi connectivity index (χ1v) is 6.66. The fourth-order valence-electron chi connectivity index (χ4n) is 1.93. The van der Waals surface area contributed by atoms with Gasteiger partial charge in [-0.05, 0) is 37.1 Å². The highest BCUT2D eigenvalue weighted by molar-refractivity contribution is 5.58. The third-order valence-electron chi connectivity index (χ3n) is 3.09. The molecule has 1 heterocycles. The summed E-state index contributed by atoms with van der Waals surface area (Å²) in [5, 5.41) is 14.2. The minimum absolute atomic E-state index is 0.0278. The zero-order chi connectivity index (χ0) is 15.2. The second-order valence-electron chi connectivity index (χ2n) is 4.53. The molecule has 0 aliphatic carbocycles. The molecule has 6 heteroatoms. The summed E-state index contributed by atoms with van der Waals surface area (Å²) < 4.78 is 5.32. The van der Waals surface area contributed by atoms with E-state index in [9.17, 15) is 10.1 Å². The number of benzene rings is 1. The smallest absolute Gasteiger partial charge is 0.311 e. The molecule has 0 saturated carbocycles. The van der Waals surface area contributed by atoms with Crippen molar-refractivity contribution in [3.8, 4) is 5.75 Å². The molecule has 0 radical (unpaired) electrons. The Bertz CT molecular complexity index is 644. The normalized spacial score (nSPS) is 10.2. The monoisotopic (exact) mass is 287 g/mol. The van der Waals surface area contributed by atoms with E-state index in [1.165, 1.54) is 6.07 Å². The summed E-state index contributed by atoms with van der Waals surface area (Å²) in [6.07, 6.45) is 3.55. The van der Waals surface area contributed by atoms with Gasteiger partial charge >= 0.3 is 5.69 Å². The Hall–Kier alpha value is -2.63. The Morgan fingerprint density at radius 2 is 2.19 bits per heavy atom. The number of nitrogens with zero attached hydrogens (tertiary/aromatic N) is 2. The lowest BCUT2D eigenvalue weighted by Crippen LogP contribution is -2.03. The molecule has 110 valence electrons. The Labute approximate surface area is 122 Å². The molecule has 1 aromatic carbocycles. The van der Waals surface area contributed by atoms with Crippen LogP contribution in [0, 0.1) is 17.0 Å². The van der Waals surface area contributed by atoms with Crippen molar-refractivity contribution < 1.29 is 9.66 Å². The van der Waals surface area contributed by atoms with Crippen LogP contribution in [0.5, 0.6) is 5.75 Å². The summed E-state index contributed by atoms with van der Waals surface area (Å²) in [6, 6.07) is 6.71. The third-order valence-corrected chi connectivity index (χ3v) is 3.09.